The summed E-state index contributed by atoms with van der Waals surface area (Å²) < 4.78 is 1.93. The summed E-state index contributed by atoms with van der Waals surface area (Å²) in [5, 5.41) is 12.6. The van der Waals surface area contributed by atoms with Crippen LogP contribution in [0.2, 0.25) is 0 Å². The van der Waals surface area contributed by atoms with Crippen molar-refractivity contribution in [1.82, 2.24) is 4.57 Å². The van der Waals surface area contributed by atoms with Crippen molar-refractivity contribution in [2.75, 3.05) is 0 Å². The van der Waals surface area contributed by atoms with Gasteiger partial charge in [-0.1, -0.05) is 23.4 Å². The predicted octanol–water partition coefficient (Wildman–Crippen LogP) is 1.39. The van der Waals surface area contributed by atoms with E-state index >= 15 is 0 Å². The summed E-state index contributed by atoms with van der Waals surface area (Å²) in [6.45, 7) is 0.407. The zero-order valence-corrected chi connectivity index (χ0v) is 7.59. The second-order valence-corrected chi connectivity index (χ2v) is 3.09. The van der Waals surface area contributed by atoms with E-state index in [2.05, 4.69) is 5.16 Å². The minimum absolute atomic E-state index is 0.200. The summed E-state index contributed by atoms with van der Waals surface area (Å²) in [5.41, 5.74) is 6.52. The molecular weight excluding hydrogens is 178 g/mol. The molecular formula is C10H11N3O. The van der Waals surface area contributed by atoms with Crippen molar-refractivity contribution in [1.29, 1.82) is 0 Å². The molecule has 0 radical (unpaired) electrons. The molecule has 0 aliphatic carbocycles. The third-order valence-electron chi connectivity index (χ3n) is 2.14. The van der Waals surface area contributed by atoms with Crippen LogP contribution in [0, 0.1) is 0 Å². The molecule has 14 heavy (non-hydrogen) atoms. The van der Waals surface area contributed by atoms with Crippen LogP contribution < -0.4 is 5.73 Å². The molecule has 0 fully saturated rings. The number of oxime groups is 1. The summed E-state index contributed by atoms with van der Waals surface area (Å²) in [7, 11) is 0. The van der Waals surface area contributed by atoms with Gasteiger partial charge < -0.3 is 15.5 Å². The van der Waals surface area contributed by atoms with E-state index in [1.54, 1.807) is 0 Å². The molecule has 4 nitrogen and oxygen atoms in total. The zero-order valence-electron chi connectivity index (χ0n) is 7.59. The van der Waals surface area contributed by atoms with Crippen molar-refractivity contribution in [2.24, 2.45) is 10.9 Å². The number of hydrogen-bond acceptors (Lipinski definition) is 2. The second kappa shape index (κ2) is 3.41. The molecule has 4 heteroatoms. The number of nitrogens with two attached hydrogens (primary N) is 1. The van der Waals surface area contributed by atoms with Gasteiger partial charge >= 0.3 is 0 Å². The maximum atomic E-state index is 8.46. The van der Waals surface area contributed by atoms with E-state index < -0.39 is 0 Å². The van der Waals surface area contributed by atoms with E-state index in [0.29, 0.717) is 6.54 Å². The van der Waals surface area contributed by atoms with Gasteiger partial charge in [0.1, 0.15) is 0 Å². The highest BCUT2D eigenvalue weighted by molar-refractivity contribution is 5.84. The van der Waals surface area contributed by atoms with Gasteiger partial charge in [-0.15, -0.1) is 0 Å². The van der Waals surface area contributed by atoms with Crippen LogP contribution in [0.3, 0.4) is 0 Å². The molecule has 2 rings (SSSR count). The third kappa shape index (κ3) is 1.42. The van der Waals surface area contributed by atoms with Gasteiger partial charge in [0.15, 0.2) is 5.84 Å². The average Bonchev–Trinajstić information content (AvgIpc) is 2.62. The minimum atomic E-state index is 0.200. The number of aromatic nitrogens is 1. The highest BCUT2D eigenvalue weighted by Crippen LogP contribution is 2.14. The van der Waals surface area contributed by atoms with E-state index in [1.807, 2.05) is 41.1 Å². The summed E-state index contributed by atoms with van der Waals surface area (Å²) in [6, 6.07) is 9.97. The van der Waals surface area contributed by atoms with Crippen LogP contribution >= 0.6 is 0 Å². The summed E-state index contributed by atoms with van der Waals surface area (Å²) >= 11 is 0. The smallest absolute Gasteiger partial charge is 0.159 e. The van der Waals surface area contributed by atoms with E-state index in [9.17, 15) is 0 Å². The van der Waals surface area contributed by atoms with Crippen molar-refractivity contribution in [2.45, 2.75) is 6.54 Å². The fourth-order valence-corrected chi connectivity index (χ4v) is 1.48. The molecule has 3 N–H and O–H groups in total. The zero-order chi connectivity index (χ0) is 9.97. The number of para-hydroxylation sites is 1. The Morgan fingerprint density at radius 1 is 1.36 bits per heavy atom. The predicted molar refractivity (Wildman–Crippen MR) is 55.3 cm³/mol. The molecule has 0 aliphatic heterocycles. The van der Waals surface area contributed by atoms with Crippen LogP contribution in [0.4, 0.5) is 0 Å². The van der Waals surface area contributed by atoms with Crippen LogP contribution in [0.25, 0.3) is 10.9 Å². The Hall–Kier alpha value is -1.97. The largest absolute Gasteiger partial charge is 0.409 e. The minimum Gasteiger partial charge on any atom is -0.409 e. The molecule has 0 unspecified atom stereocenters. The van der Waals surface area contributed by atoms with Crippen molar-refractivity contribution < 1.29 is 5.21 Å². The van der Waals surface area contributed by atoms with Gasteiger partial charge in [0.05, 0.1) is 6.54 Å². The van der Waals surface area contributed by atoms with Gasteiger partial charge in [-0.05, 0) is 17.5 Å². The van der Waals surface area contributed by atoms with Gasteiger partial charge in [0.25, 0.3) is 0 Å². The molecule has 0 atom stereocenters. The van der Waals surface area contributed by atoms with E-state index in [0.717, 1.165) is 10.9 Å². The Morgan fingerprint density at radius 2 is 2.14 bits per heavy atom. The summed E-state index contributed by atoms with van der Waals surface area (Å²) in [6.07, 6.45) is 1.92. The third-order valence-corrected chi connectivity index (χ3v) is 2.14. The fraction of sp³-hybridized carbons (Fsp3) is 0.100. The lowest BCUT2D eigenvalue weighted by Gasteiger charge is -2.02. The van der Waals surface area contributed by atoms with Crippen LogP contribution in [-0.2, 0) is 6.54 Å². The molecule has 1 aromatic heterocycles. The number of amidine groups is 1. The Balaban J connectivity index is 2.43. The van der Waals surface area contributed by atoms with Crippen LogP contribution in [-0.4, -0.2) is 15.6 Å². The van der Waals surface area contributed by atoms with Crippen LogP contribution in [0.5, 0.6) is 0 Å². The molecule has 0 aliphatic rings. The first kappa shape index (κ1) is 8.62. The topological polar surface area (TPSA) is 63.5 Å². The second-order valence-electron chi connectivity index (χ2n) is 3.09. The van der Waals surface area contributed by atoms with E-state index in [4.69, 9.17) is 10.9 Å². The van der Waals surface area contributed by atoms with Gasteiger partial charge in [0, 0.05) is 11.7 Å². The maximum absolute atomic E-state index is 8.46. The van der Waals surface area contributed by atoms with Gasteiger partial charge in [-0.25, -0.2) is 0 Å². The molecule has 0 saturated heterocycles. The first-order valence-corrected chi connectivity index (χ1v) is 4.31. The number of rotatable bonds is 2. The SMILES string of the molecule is N/C(Cn1ccc2ccccc21)=N\O. The lowest BCUT2D eigenvalue weighted by Crippen LogP contribution is -2.18. The fourth-order valence-electron chi connectivity index (χ4n) is 1.48. The van der Waals surface area contributed by atoms with Crippen molar-refractivity contribution in [3.63, 3.8) is 0 Å². The lowest BCUT2D eigenvalue weighted by atomic mass is 10.2. The number of nitrogens with zero attached hydrogens (tertiary/aromatic N) is 2. The molecule has 0 spiro atoms. The standard InChI is InChI=1S/C10H11N3O/c11-10(12-14)7-13-6-5-8-3-1-2-4-9(8)13/h1-6,14H,7H2,(H2,11,12). The molecule has 0 saturated carbocycles. The molecule has 1 heterocycles. The average molecular weight is 189 g/mol. The molecule has 0 amide bonds. The number of hydrogen-bond donors (Lipinski definition) is 2. The summed E-state index contributed by atoms with van der Waals surface area (Å²) in [4.78, 5) is 0. The van der Waals surface area contributed by atoms with Crippen LogP contribution in [0.15, 0.2) is 41.7 Å². The van der Waals surface area contributed by atoms with E-state index in [1.165, 1.54) is 0 Å². The Labute approximate surface area is 81.2 Å². The first-order chi connectivity index (χ1) is 6.81. The normalized spacial score (nSPS) is 12.1. The first-order valence-electron chi connectivity index (χ1n) is 4.31. The number of benzene rings is 1. The summed E-state index contributed by atoms with van der Waals surface area (Å²) in [5.74, 6) is 0.200. The monoisotopic (exact) mass is 189 g/mol. The Bertz CT molecular complexity index is 473. The van der Waals surface area contributed by atoms with Crippen molar-refractivity contribution in [3.8, 4) is 0 Å². The molecule has 0 bridgehead atoms. The lowest BCUT2D eigenvalue weighted by molar-refractivity contribution is 0.316. The maximum Gasteiger partial charge on any atom is 0.159 e. The Kier molecular flexibility index (Phi) is 2.10. The van der Waals surface area contributed by atoms with Gasteiger partial charge in [-0.3, -0.25) is 0 Å². The van der Waals surface area contributed by atoms with E-state index in [-0.39, 0.29) is 5.84 Å². The quantitative estimate of drug-likeness (QED) is 0.324. The molecule has 72 valence electrons. The van der Waals surface area contributed by atoms with Gasteiger partial charge in [-0.2, -0.15) is 0 Å². The molecule has 2 aromatic rings. The number of fused-ring (bicyclic) bond motifs is 1. The Morgan fingerprint density at radius 3 is 2.93 bits per heavy atom. The van der Waals surface area contributed by atoms with Gasteiger partial charge in [0.2, 0.25) is 0 Å². The highest BCUT2D eigenvalue weighted by atomic mass is 16.4. The highest BCUT2D eigenvalue weighted by Gasteiger charge is 2.00. The van der Waals surface area contributed by atoms with Crippen LogP contribution in [0.1, 0.15) is 0 Å². The van der Waals surface area contributed by atoms with Crippen molar-refractivity contribution in [3.05, 3.63) is 36.5 Å². The van der Waals surface area contributed by atoms with Crippen molar-refractivity contribution >= 4 is 16.7 Å². The molecule has 1 aromatic carbocycles.